The van der Waals surface area contributed by atoms with Crippen molar-refractivity contribution >= 4 is 32.6 Å². The molecule has 0 aliphatic carbocycles. The Labute approximate surface area is 140 Å². The average molecular weight is 350 g/mol. The van der Waals surface area contributed by atoms with Gasteiger partial charge in [-0.25, -0.2) is 8.42 Å². The maximum absolute atomic E-state index is 12.8. The molecule has 120 valence electrons. The van der Waals surface area contributed by atoms with E-state index in [9.17, 15) is 8.42 Å². The number of benzene rings is 2. The van der Waals surface area contributed by atoms with E-state index in [2.05, 4.69) is 0 Å². The third-order valence-corrected chi connectivity index (χ3v) is 6.32. The van der Waals surface area contributed by atoms with Crippen LogP contribution < -0.4 is 0 Å². The van der Waals surface area contributed by atoms with Crippen LogP contribution in [-0.2, 0) is 10.0 Å². The largest absolute Gasteiger partial charge is 0.459 e. The molecule has 0 aliphatic heterocycles. The Balaban J connectivity index is 1.98. The lowest BCUT2D eigenvalue weighted by Gasteiger charge is -2.23. The Morgan fingerprint density at radius 1 is 1.09 bits per heavy atom. The van der Waals surface area contributed by atoms with Crippen LogP contribution in [0, 0.1) is 0 Å². The zero-order valence-electron chi connectivity index (χ0n) is 12.7. The van der Waals surface area contributed by atoms with Crippen molar-refractivity contribution in [3.63, 3.8) is 0 Å². The van der Waals surface area contributed by atoms with Gasteiger partial charge in [0.1, 0.15) is 16.2 Å². The van der Waals surface area contributed by atoms with Crippen LogP contribution in [0.4, 0.5) is 0 Å². The maximum atomic E-state index is 12.8. The van der Waals surface area contributed by atoms with Gasteiger partial charge in [-0.2, -0.15) is 4.31 Å². The van der Waals surface area contributed by atoms with Crippen LogP contribution in [0.3, 0.4) is 0 Å². The van der Waals surface area contributed by atoms with Crippen molar-refractivity contribution in [2.24, 2.45) is 0 Å². The molecule has 23 heavy (non-hydrogen) atoms. The number of fused-ring (bicyclic) bond motifs is 1. The van der Waals surface area contributed by atoms with Crippen molar-refractivity contribution in [2.75, 3.05) is 7.05 Å². The van der Waals surface area contributed by atoms with E-state index in [0.717, 1.165) is 11.0 Å². The molecule has 1 heterocycles. The first-order valence-corrected chi connectivity index (χ1v) is 8.94. The number of nitrogens with zero attached hydrogens (tertiary/aromatic N) is 1. The van der Waals surface area contributed by atoms with Gasteiger partial charge in [0.2, 0.25) is 10.0 Å². The van der Waals surface area contributed by atoms with E-state index < -0.39 is 16.1 Å². The van der Waals surface area contributed by atoms with Gasteiger partial charge in [-0.15, -0.1) is 0 Å². The van der Waals surface area contributed by atoms with Crippen LogP contribution in [0.1, 0.15) is 18.7 Å². The molecular weight excluding hydrogens is 334 g/mol. The normalized spacial score (nSPS) is 13.6. The lowest BCUT2D eigenvalue weighted by atomic mass is 10.2. The molecule has 0 fully saturated rings. The fourth-order valence-electron chi connectivity index (χ4n) is 2.40. The quantitative estimate of drug-likeness (QED) is 0.698. The molecule has 3 aromatic rings. The Kier molecular flexibility index (Phi) is 4.19. The van der Waals surface area contributed by atoms with Gasteiger partial charge in [0.25, 0.3) is 0 Å². The lowest BCUT2D eigenvalue weighted by molar-refractivity contribution is 0.348. The first-order chi connectivity index (χ1) is 10.9. The van der Waals surface area contributed by atoms with Crippen LogP contribution in [0.2, 0.25) is 5.02 Å². The van der Waals surface area contributed by atoms with Gasteiger partial charge < -0.3 is 4.42 Å². The van der Waals surface area contributed by atoms with Gasteiger partial charge in [0, 0.05) is 12.4 Å². The Bertz CT molecular complexity index is 916. The zero-order valence-corrected chi connectivity index (χ0v) is 14.3. The standard InChI is InChI=1S/C17H16ClNO3S/c1-12(16-11-13-7-3-5-9-15(13)22-16)19(2)23(20,21)17-10-6-4-8-14(17)18/h3-12H,1-2H3. The first-order valence-electron chi connectivity index (χ1n) is 7.12. The summed E-state index contributed by atoms with van der Waals surface area (Å²) in [5.74, 6) is 0.587. The smallest absolute Gasteiger partial charge is 0.244 e. The topological polar surface area (TPSA) is 50.5 Å². The van der Waals surface area contributed by atoms with Gasteiger partial charge in [-0.1, -0.05) is 41.9 Å². The average Bonchev–Trinajstić information content (AvgIpc) is 2.97. The maximum Gasteiger partial charge on any atom is 0.244 e. The van der Waals surface area contributed by atoms with E-state index in [1.807, 2.05) is 30.3 Å². The van der Waals surface area contributed by atoms with Crippen molar-refractivity contribution in [2.45, 2.75) is 17.9 Å². The number of rotatable bonds is 4. The summed E-state index contributed by atoms with van der Waals surface area (Å²) >= 11 is 6.04. The third-order valence-electron chi connectivity index (χ3n) is 3.90. The summed E-state index contributed by atoms with van der Waals surface area (Å²) in [4.78, 5) is 0.0899. The summed E-state index contributed by atoms with van der Waals surface area (Å²) in [6.07, 6.45) is 0. The Morgan fingerprint density at radius 2 is 1.74 bits per heavy atom. The van der Waals surface area contributed by atoms with Gasteiger partial charge in [0.15, 0.2) is 0 Å². The van der Waals surface area contributed by atoms with E-state index in [0.29, 0.717) is 5.76 Å². The highest BCUT2D eigenvalue weighted by molar-refractivity contribution is 7.89. The minimum atomic E-state index is -3.71. The van der Waals surface area contributed by atoms with Gasteiger partial charge in [-0.05, 0) is 31.2 Å². The minimum absolute atomic E-state index is 0.0899. The Hall–Kier alpha value is -1.82. The summed E-state index contributed by atoms with van der Waals surface area (Å²) < 4.78 is 32.6. The molecule has 4 nitrogen and oxygen atoms in total. The number of hydrogen-bond donors (Lipinski definition) is 0. The van der Waals surface area contributed by atoms with E-state index in [4.69, 9.17) is 16.0 Å². The van der Waals surface area contributed by atoms with Crippen LogP contribution in [0.15, 0.2) is 63.9 Å². The molecule has 0 saturated carbocycles. The second kappa shape index (κ2) is 6.00. The van der Waals surface area contributed by atoms with Crippen molar-refractivity contribution in [3.8, 4) is 0 Å². The van der Waals surface area contributed by atoms with E-state index in [1.165, 1.54) is 17.4 Å². The molecule has 0 radical (unpaired) electrons. The van der Waals surface area contributed by atoms with Gasteiger partial charge >= 0.3 is 0 Å². The summed E-state index contributed by atoms with van der Waals surface area (Å²) in [5.41, 5.74) is 0.734. The summed E-state index contributed by atoms with van der Waals surface area (Å²) in [6.45, 7) is 1.78. The van der Waals surface area contributed by atoms with E-state index in [1.54, 1.807) is 25.1 Å². The number of halogens is 1. The monoisotopic (exact) mass is 349 g/mol. The third kappa shape index (κ3) is 2.87. The molecule has 0 spiro atoms. The van der Waals surface area contributed by atoms with Crippen LogP contribution >= 0.6 is 11.6 Å². The molecule has 1 aromatic heterocycles. The predicted molar refractivity (Wildman–Crippen MR) is 91.0 cm³/mol. The van der Waals surface area contributed by atoms with Crippen molar-refractivity contribution in [1.82, 2.24) is 4.31 Å². The molecule has 6 heteroatoms. The van der Waals surface area contributed by atoms with Crippen LogP contribution in [-0.4, -0.2) is 19.8 Å². The SMILES string of the molecule is CC(c1cc2ccccc2o1)N(C)S(=O)(=O)c1ccccc1Cl. The minimum Gasteiger partial charge on any atom is -0.459 e. The number of sulfonamides is 1. The molecule has 0 bridgehead atoms. The predicted octanol–water partition coefficient (Wildman–Crippen LogP) is 4.47. The summed E-state index contributed by atoms with van der Waals surface area (Å²) in [7, 11) is -2.19. The molecule has 3 rings (SSSR count). The molecule has 1 atom stereocenters. The molecule has 0 saturated heterocycles. The highest BCUT2D eigenvalue weighted by atomic mass is 35.5. The highest BCUT2D eigenvalue weighted by Gasteiger charge is 2.29. The molecule has 2 aromatic carbocycles. The lowest BCUT2D eigenvalue weighted by Crippen LogP contribution is -2.29. The molecule has 0 amide bonds. The molecule has 1 unspecified atom stereocenters. The van der Waals surface area contributed by atoms with Crippen molar-refractivity contribution < 1.29 is 12.8 Å². The number of hydrogen-bond acceptors (Lipinski definition) is 3. The van der Waals surface area contributed by atoms with Crippen LogP contribution in [0.25, 0.3) is 11.0 Å². The first kappa shape index (κ1) is 16.1. The number of furan rings is 1. The number of para-hydroxylation sites is 1. The highest BCUT2D eigenvalue weighted by Crippen LogP contribution is 2.32. The molecular formula is C17H16ClNO3S. The van der Waals surface area contributed by atoms with E-state index in [-0.39, 0.29) is 9.92 Å². The summed E-state index contributed by atoms with van der Waals surface area (Å²) in [5, 5.41) is 1.15. The fraction of sp³-hybridized carbons (Fsp3) is 0.176. The molecule has 0 aliphatic rings. The van der Waals surface area contributed by atoms with Gasteiger partial charge in [0.05, 0.1) is 11.1 Å². The van der Waals surface area contributed by atoms with Crippen molar-refractivity contribution in [3.05, 3.63) is 65.4 Å². The molecule has 0 N–H and O–H groups in total. The van der Waals surface area contributed by atoms with Crippen molar-refractivity contribution in [1.29, 1.82) is 0 Å². The summed E-state index contributed by atoms with van der Waals surface area (Å²) in [6, 6.07) is 15.4. The zero-order chi connectivity index (χ0) is 16.6. The van der Waals surface area contributed by atoms with Gasteiger partial charge in [-0.3, -0.25) is 0 Å². The van der Waals surface area contributed by atoms with E-state index >= 15 is 0 Å². The Morgan fingerprint density at radius 3 is 2.43 bits per heavy atom. The fourth-order valence-corrected chi connectivity index (χ4v) is 4.23. The second-order valence-electron chi connectivity index (χ2n) is 5.31. The second-order valence-corrected chi connectivity index (χ2v) is 7.69. The van der Waals surface area contributed by atoms with Crippen LogP contribution in [0.5, 0.6) is 0 Å².